The number of carbonyl (C=O) groups excluding carboxylic acids is 3. The predicted molar refractivity (Wildman–Crippen MR) is 105 cm³/mol. The van der Waals surface area contributed by atoms with Crippen LogP contribution in [0.25, 0.3) is 0 Å². The van der Waals surface area contributed by atoms with Crippen molar-refractivity contribution in [3.8, 4) is 0 Å². The van der Waals surface area contributed by atoms with Gasteiger partial charge >= 0.3 is 6.09 Å². The average Bonchev–Trinajstić information content (AvgIpc) is 2.74. The van der Waals surface area contributed by atoms with Crippen molar-refractivity contribution in [2.75, 3.05) is 6.61 Å². The fourth-order valence-electron chi connectivity index (χ4n) is 3.43. The molecule has 2 aliphatic rings. The van der Waals surface area contributed by atoms with E-state index in [9.17, 15) is 14.4 Å². The van der Waals surface area contributed by atoms with E-state index in [2.05, 4.69) is 39.2 Å². The molecule has 2 fully saturated rings. The Morgan fingerprint density at radius 3 is 2.26 bits per heavy atom. The highest BCUT2D eigenvalue weighted by molar-refractivity contribution is 6.74. The van der Waals surface area contributed by atoms with Gasteiger partial charge in [-0.1, -0.05) is 27.7 Å². The van der Waals surface area contributed by atoms with Crippen LogP contribution < -0.4 is 5.32 Å². The number of rotatable bonds is 5. The first kappa shape index (κ1) is 21.9. The van der Waals surface area contributed by atoms with Gasteiger partial charge in [0.2, 0.25) is 11.8 Å². The van der Waals surface area contributed by atoms with E-state index >= 15 is 0 Å². The average molecular weight is 399 g/mol. The van der Waals surface area contributed by atoms with Gasteiger partial charge in [0.25, 0.3) is 0 Å². The van der Waals surface area contributed by atoms with Crippen molar-refractivity contribution >= 4 is 26.2 Å². The van der Waals surface area contributed by atoms with Crippen LogP contribution in [0.1, 0.15) is 48.5 Å². The summed E-state index contributed by atoms with van der Waals surface area (Å²) in [6, 6.07) is -0.353. The Balaban J connectivity index is 2.13. The normalized spacial score (nSPS) is 27.5. The van der Waals surface area contributed by atoms with Crippen molar-refractivity contribution in [2.45, 2.75) is 84.3 Å². The number of hydrogen-bond donors (Lipinski definition) is 1. The lowest BCUT2D eigenvalue weighted by Crippen LogP contribution is -2.68. The van der Waals surface area contributed by atoms with Gasteiger partial charge in [0.05, 0.1) is 29.5 Å². The molecule has 0 saturated carbocycles. The summed E-state index contributed by atoms with van der Waals surface area (Å²) in [6.45, 7) is 18.2. The molecule has 8 heteroatoms. The minimum atomic E-state index is -2.04. The van der Waals surface area contributed by atoms with E-state index in [0.717, 1.165) is 0 Å². The zero-order valence-electron chi connectivity index (χ0n) is 18.0. The van der Waals surface area contributed by atoms with Crippen molar-refractivity contribution in [3.05, 3.63) is 0 Å². The second kappa shape index (κ2) is 6.88. The maximum Gasteiger partial charge on any atom is 0.417 e. The molecule has 0 aromatic heterocycles. The number of nitrogens with one attached hydrogen (secondary N) is 1. The monoisotopic (exact) mass is 398 g/mol. The molecule has 2 rings (SSSR count). The van der Waals surface area contributed by atoms with Gasteiger partial charge in [-0.2, -0.15) is 0 Å². The van der Waals surface area contributed by atoms with E-state index in [1.807, 2.05) is 6.92 Å². The first-order chi connectivity index (χ1) is 12.1. The van der Waals surface area contributed by atoms with Crippen molar-refractivity contribution in [2.24, 2.45) is 11.8 Å². The number of imide groups is 1. The molecule has 27 heavy (non-hydrogen) atoms. The SMILES string of the molecule is CC(O[Si](C)(C)C(C)(C)C)[C@H]1C(=O)N[C@@H]1[C@@H](C)C(=O)N1C(=O)OCC1(C)C. The smallest absolute Gasteiger partial charge is 0.417 e. The van der Waals surface area contributed by atoms with Crippen LogP contribution in [-0.4, -0.2) is 55.4 Å². The molecule has 3 amide bonds. The predicted octanol–water partition coefficient (Wildman–Crippen LogP) is 2.90. The molecule has 0 aromatic carbocycles. The van der Waals surface area contributed by atoms with E-state index in [4.69, 9.17) is 9.16 Å². The van der Waals surface area contributed by atoms with Crippen LogP contribution in [0.5, 0.6) is 0 Å². The third-order valence-electron chi connectivity index (χ3n) is 6.28. The van der Waals surface area contributed by atoms with Crippen molar-refractivity contribution in [1.82, 2.24) is 10.2 Å². The van der Waals surface area contributed by atoms with Gasteiger partial charge < -0.3 is 14.5 Å². The van der Waals surface area contributed by atoms with Crippen LogP contribution >= 0.6 is 0 Å². The summed E-state index contributed by atoms with van der Waals surface area (Å²) in [6.07, 6.45) is -0.914. The number of amides is 3. The molecule has 0 aliphatic carbocycles. The zero-order chi connectivity index (χ0) is 20.9. The summed E-state index contributed by atoms with van der Waals surface area (Å²) in [7, 11) is -2.04. The Kier molecular flexibility index (Phi) is 5.58. The van der Waals surface area contributed by atoms with Crippen molar-refractivity contribution in [1.29, 1.82) is 0 Å². The Morgan fingerprint density at radius 1 is 1.30 bits per heavy atom. The van der Waals surface area contributed by atoms with Gasteiger partial charge in [-0.15, -0.1) is 0 Å². The highest BCUT2D eigenvalue weighted by Gasteiger charge is 2.53. The van der Waals surface area contributed by atoms with E-state index in [1.165, 1.54) is 4.90 Å². The fourth-order valence-corrected chi connectivity index (χ4v) is 4.86. The van der Waals surface area contributed by atoms with Gasteiger partial charge in [0, 0.05) is 0 Å². The molecule has 7 nitrogen and oxygen atoms in total. The van der Waals surface area contributed by atoms with Crippen LogP contribution in [0.15, 0.2) is 0 Å². The van der Waals surface area contributed by atoms with E-state index in [1.54, 1.807) is 20.8 Å². The lowest BCUT2D eigenvalue weighted by atomic mass is 9.78. The quantitative estimate of drug-likeness (QED) is 0.568. The van der Waals surface area contributed by atoms with Crippen LogP contribution in [0.2, 0.25) is 18.1 Å². The van der Waals surface area contributed by atoms with Crippen LogP contribution in [-0.2, 0) is 18.8 Å². The maximum absolute atomic E-state index is 13.0. The lowest BCUT2D eigenvalue weighted by Gasteiger charge is -2.47. The minimum absolute atomic E-state index is 0.0295. The van der Waals surface area contributed by atoms with Gasteiger partial charge in [-0.05, 0) is 38.9 Å². The molecule has 0 bridgehead atoms. The van der Waals surface area contributed by atoms with Crippen LogP contribution in [0.4, 0.5) is 4.79 Å². The maximum atomic E-state index is 13.0. The van der Waals surface area contributed by atoms with Crippen molar-refractivity contribution < 1.29 is 23.5 Å². The minimum Gasteiger partial charge on any atom is -0.447 e. The summed E-state index contributed by atoms with van der Waals surface area (Å²) in [5.41, 5.74) is -0.686. The van der Waals surface area contributed by atoms with Gasteiger partial charge in [0.15, 0.2) is 8.32 Å². The fraction of sp³-hybridized carbons (Fsp3) is 0.842. The second-order valence-corrected chi connectivity index (χ2v) is 14.7. The first-order valence-corrected chi connectivity index (χ1v) is 12.5. The lowest BCUT2D eigenvalue weighted by molar-refractivity contribution is -0.147. The number of ether oxygens (including phenoxy) is 1. The first-order valence-electron chi connectivity index (χ1n) is 9.59. The molecule has 2 aliphatic heterocycles. The highest BCUT2D eigenvalue weighted by atomic mass is 28.4. The molecule has 1 N–H and O–H groups in total. The summed E-state index contributed by atoms with van der Waals surface area (Å²) in [5, 5.41) is 2.87. The topological polar surface area (TPSA) is 84.9 Å². The Hall–Kier alpha value is -1.41. The largest absolute Gasteiger partial charge is 0.447 e. The van der Waals surface area contributed by atoms with Crippen molar-refractivity contribution in [3.63, 3.8) is 0 Å². The summed E-state index contributed by atoms with van der Waals surface area (Å²) >= 11 is 0. The molecule has 0 aromatic rings. The van der Waals surface area contributed by atoms with E-state index in [-0.39, 0.29) is 35.6 Å². The number of nitrogens with zero attached hydrogens (tertiary/aromatic N) is 1. The standard InChI is InChI=1S/C19H34N2O5Si/c1-11(16(23)21-17(24)25-10-19(21,6)7)14-13(15(22)20-14)12(2)26-27(8,9)18(3,4)5/h11-14H,10H2,1-9H3,(H,20,22)/t11-,12?,13-,14-/m1/s1. The zero-order valence-corrected chi connectivity index (χ0v) is 19.0. The van der Waals surface area contributed by atoms with Gasteiger partial charge in [0.1, 0.15) is 6.61 Å². The van der Waals surface area contributed by atoms with E-state index in [0.29, 0.717) is 0 Å². The third-order valence-corrected chi connectivity index (χ3v) is 10.8. The number of cyclic esters (lactones) is 1. The molecule has 4 atom stereocenters. The van der Waals surface area contributed by atoms with Crippen LogP contribution in [0.3, 0.4) is 0 Å². The van der Waals surface area contributed by atoms with E-state index < -0.39 is 31.8 Å². The Labute approximate surface area is 163 Å². The van der Waals surface area contributed by atoms with Gasteiger partial charge in [-0.25, -0.2) is 9.69 Å². The summed E-state index contributed by atoms with van der Waals surface area (Å²) in [4.78, 5) is 38.4. The molecule has 1 unspecified atom stereocenters. The number of β-lactam (4-membered cyclic amide) rings is 1. The molecule has 2 heterocycles. The molecular formula is C19H34N2O5Si. The van der Waals surface area contributed by atoms with Gasteiger partial charge in [-0.3, -0.25) is 9.59 Å². The molecule has 2 saturated heterocycles. The second-order valence-electron chi connectivity index (χ2n) is 9.97. The molecule has 154 valence electrons. The number of hydrogen-bond acceptors (Lipinski definition) is 5. The summed E-state index contributed by atoms with van der Waals surface area (Å²) in [5.74, 6) is -1.37. The molecule has 0 radical (unpaired) electrons. The summed E-state index contributed by atoms with van der Waals surface area (Å²) < 4.78 is 11.4. The molecule has 0 spiro atoms. The molecular weight excluding hydrogens is 364 g/mol. The Bertz CT molecular complexity index is 641. The highest BCUT2D eigenvalue weighted by Crippen LogP contribution is 2.40. The van der Waals surface area contributed by atoms with Crippen LogP contribution in [0, 0.1) is 11.8 Å². The Morgan fingerprint density at radius 2 is 1.85 bits per heavy atom. The number of carbonyl (C=O) groups is 3. The third kappa shape index (κ3) is 3.92.